The summed E-state index contributed by atoms with van der Waals surface area (Å²) < 4.78 is 7.34. The zero-order chi connectivity index (χ0) is 24.5. The minimum Gasteiger partial charge on any atom is -0.478 e. The smallest absolute Gasteiger partial charge is 0.293 e. The van der Waals surface area contributed by atoms with Gasteiger partial charge in [-0.15, -0.1) is 0 Å². The monoisotopic (exact) mass is 496 g/mol. The molecule has 1 atom stereocenters. The lowest BCUT2D eigenvalue weighted by Gasteiger charge is -2.31. The van der Waals surface area contributed by atoms with Gasteiger partial charge in [0, 0.05) is 37.3 Å². The number of benzene rings is 1. The van der Waals surface area contributed by atoms with E-state index in [2.05, 4.69) is 27.4 Å². The molecule has 0 spiro atoms. The van der Waals surface area contributed by atoms with Crippen LogP contribution < -0.4 is 25.8 Å². The molecule has 2 aromatic heterocycles. The van der Waals surface area contributed by atoms with Gasteiger partial charge in [0.15, 0.2) is 18.2 Å². The van der Waals surface area contributed by atoms with Gasteiger partial charge in [-0.05, 0) is 55.9 Å². The summed E-state index contributed by atoms with van der Waals surface area (Å²) in [6.45, 7) is 3.88. The highest BCUT2D eigenvalue weighted by molar-refractivity contribution is 6.32. The molecule has 9 nitrogen and oxygen atoms in total. The van der Waals surface area contributed by atoms with Crippen molar-refractivity contribution in [3.8, 4) is 5.75 Å². The van der Waals surface area contributed by atoms with Crippen LogP contribution in [0.1, 0.15) is 38.6 Å². The van der Waals surface area contributed by atoms with Crippen LogP contribution in [0.2, 0.25) is 5.02 Å². The maximum atomic E-state index is 13.0. The molecule has 0 bridgehead atoms. The van der Waals surface area contributed by atoms with Crippen LogP contribution >= 0.6 is 11.6 Å². The Labute approximate surface area is 208 Å². The Morgan fingerprint density at radius 1 is 1.26 bits per heavy atom. The van der Waals surface area contributed by atoms with Gasteiger partial charge in [-0.3, -0.25) is 9.59 Å². The van der Waals surface area contributed by atoms with Gasteiger partial charge in [0.1, 0.15) is 5.02 Å². The molecule has 0 unspecified atom stereocenters. The minimum absolute atomic E-state index is 0.151. The van der Waals surface area contributed by atoms with E-state index in [4.69, 9.17) is 21.3 Å². The van der Waals surface area contributed by atoms with Crippen molar-refractivity contribution in [3.05, 3.63) is 45.8 Å². The first kappa shape index (κ1) is 23.4. The van der Waals surface area contributed by atoms with Gasteiger partial charge in [0.2, 0.25) is 5.95 Å². The molecule has 2 fully saturated rings. The van der Waals surface area contributed by atoms with Gasteiger partial charge in [-0.25, -0.2) is 4.98 Å². The van der Waals surface area contributed by atoms with Crippen molar-refractivity contribution in [2.75, 3.05) is 37.0 Å². The van der Waals surface area contributed by atoms with Crippen LogP contribution in [0, 0.1) is 5.92 Å². The Morgan fingerprint density at radius 2 is 2.09 bits per heavy atom. The number of carbonyl (C=O) groups is 1. The molecule has 5 rings (SSSR count). The van der Waals surface area contributed by atoms with E-state index in [1.54, 1.807) is 16.8 Å². The summed E-state index contributed by atoms with van der Waals surface area (Å²) in [5.41, 5.74) is 1.38. The summed E-state index contributed by atoms with van der Waals surface area (Å²) in [7, 11) is 1.53. The van der Waals surface area contributed by atoms with Crippen molar-refractivity contribution in [1.29, 1.82) is 0 Å². The molecule has 3 aromatic rings. The standard InChI is InChI=1S/C25H29ClN6O3/c1-15-4-3-9-31(13-15)25-28-12-19(26)23(30-25)29-17-5-8-20-16(10-17)11-21(35-14-22(33)27-2)24(34)32(20)18-6-7-18/h5,8,10-12,15,18H,3-4,6-7,9,13-14H2,1-2H3,(H,27,33)(H,28,29,30)/t15-/m0/s1. The summed E-state index contributed by atoms with van der Waals surface area (Å²) in [6.07, 6.45) is 5.85. The molecular formula is C25H29ClN6O3. The van der Waals surface area contributed by atoms with E-state index in [0.29, 0.717) is 22.7 Å². The maximum absolute atomic E-state index is 13.0. The number of hydrogen-bond acceptors (Lipinski definition) is 7. The zero-order valence-electron chi connectivity index (χ0n) is 19.9. The van der Waals surface area contributed by atoms with Crippen molar-refractivity contribution in [3.63, 3.8) is 0 Å². The van der Waals surface area contributed by atoms with Crippen molar-refractivity contribution >= 4 is 45.9 Å². The predicted molar refractivity (Wildman–Crippen MR) is 137 cm³/mol. The first-order chi connectivity index (χ1) is 16.9. The third kappa shape index (κ3) is 5.05. The third-order valence-corrected chi connectivity index (χ3v) is 6.76. The molecule has 184 valence electrons. The molecule has 1 aromatic carbocycles. The van der Waals surface area contributed by atoms with Crippen LogP contribution in [0.5, 0.6) is 5.75 Å². The molecule has 1 amide bonds. The van der Waals surface area contributed by atoms with Crippen molar-refractivity contribution in [2.24, 2.45) is 5.92 Å². The van der Waals surface area contributed by atoms with E-state index >= 15 is 0 Å². The second kappa shape index (κ2) is 9.73. The number of halogens is 1. The SMILES string of the molecule is CNC(=O)COc1cc2cc(Nc3nc(N4CCC[C@H](C)C4)ncc3Cl)ccc2n(C2CC2)c1=O. The molecular weight excluding hydrogens is 468 g/mol. The molecule has 1 aliphatic heterocycles. The summed E-state index contributed by atoms with van der Waals surface area (Å²) >= 11 is 6.43. The average molecular weight is 497 g/mol. The normalized spacial score (nSPS) is 17.9. The van der Waals surface area contributed by atoms with E-state index in [-0.39, 0.29) is 29.9 Å². The molecule has 10 heteroatoms. The average Bonchev–Trinajstić information content (AvgIpc) is 3.69. The van der Waals surface area contributed by atoms with Gasteiger partial charge >= 0.3 is 0 Å². The lowest BCUT2D eigenvalue weighted by atomic mass is 10.0. The summed E-state index contributed by atoms with van der Waals surface area (Å²) in [4.78, 5) is 36.0. The number of nitrogens with zero attached hydrogens (tertiary/aromatic N) is 4. The summed E-state index contributed by atoms with van der Waals surface area (Å²) in [5, 5.41) is 7.06. The van der Waals surface area contributed by atoms with Crippen molar-refractivity contribution in [1.82, 2.24) is 19.9 Å². The number of amides is 1. The Morgan fingerprint density at radius 3 is 2.83 bits per heavy atom. The molecule has 1 saturated carbocycles. The topological polar surface area (TPSA) is 101 Å². The number of rotatable bonds is 7. The van der Waals surface area contributed by atoms with Gasteiger partial charge < -0.3 is 24.8 Å². The first-order valence-corrected chi connectivity index (χ1v) is 12.4. The fraction of sp³-hybridized carbons (Fsp3) is 0.440. The van der Waals surface area contributed by atoms with Crippen molar-refractivity contribution < 1.29 is 9.53 Å². The molecule has 0 radical (unpaired) electrons. The third-order valence-electron chi connectivity index (χ3n) is 6.49. The summed E-state index contributed by atoms with van der Waals surface area (Å²) in [5.74, 6) is 1.66. The Kier molecular flexibility index (Phi) is 6.51. The first-order valence-electron chi connectivity index (χ1n) is 12.0. The Balaban J connectivity index is 1.46. The van der Waals surface area contributed by atoms with Crippen LogP contribution in [0.25, 0.3) is 10.9 Å². The molecule has 3 heterocycles. The van der Waals surface area contributed by atoms with E-state index < -0.39 is 0 Å². The Hall–Kier alpha value is -3.33. The molecule has 2 N–H and O–H groups in total. The summed E-state index contributed by atoms with van der Waals surface area (Å²) in [6, 6.07) is 7.60. The number of anilines is 3. The fourth-order valence-corrected chi connectivity index (χ4v) is 4.66. The predicted octanol–water partition coefficient (Wildman–Crippen LogP) is 3.88. The highest BCUT2D eigenvalue weighted by Crippen LogP contribution is 2.37. The number of fused-ring (bicyclic) bond motifs is 1. The molecule has 35 heavy (non-hydrogen) atoms. The number of pyridine rings is 1. The van der Waals surface area contributed by atoms with Gasteiger partial charge in [0.25, 0.3) is 11.5 Å². The molecule has 2 aliphatic rings. The van der Waals surface area contributed by atoms with Crippen LogP contribution in [0.4, 0.5) is 17.5 Å². The number of ether oxygens (including phenoxy) is 1. The number of hydrogen-bond donors (Lipinski definition) is 2. The van der Waals surface area contributed by atoms with E-state index in [0.717, 1.165) is 48.9 Å². The quantitative estimate of drug-likeness (QED) is 0.511. The largest absolute Gasteiger partial charge is 0.478 e. The number of carbonyl (C=O) groups excluding carboxylic acids is 1. The van der Waals surface area contributed by atoms with Crippen LogP contribution in [0.3, 0.4) is 0 Å². The van der Waals surface area contributed by atoms with Crippen molar-refractivity contribution in [2.45, 2.75) is 38.6 Å². The van der Waals surface area contributed by atoms with Gasteiger partial charge in [-0.2, -0.15) is 4.98 Å². The zero-order valence-corrected chi connectivity index (χ0v) is 20.6. The second-order valence-electron chi connectivity index (χ2n) is 9.34. The molecule has 1 aliphatic carbocycles. The van der Waals surface area contributed by atoms with E-state index in [1.165, 1.54) is 13.5 Å². The number of aromatic nitrogens is 3. The second-order valence-corrected chi connectivity index (χ2v) is 9.74. The van der Waals surface area contributed by atoms with Gasteiger partial charge in [0.05, 0.1) is 11.7 Å². The lowest BCUT2D eigenvalue weighted by Crippen LogP contribution is -2.35. The van der Waals surface area contributed by atoms with Crippen LogP contribution in [-0.2, 0) is 4.79 Å². The lowest BCUT2D eigenvalue weighted by molar-refractivity contribution is -0.122. The Bertz CT molecular complexity index is 1320. The fourth-order valence-electron chi connectivity index (χ4n) is 4.52. The maximum Gasteiger partial charge on any atom is 0.293 e. The molecule has 1 saturated heterocycles. The number of piperidine rings is 1. The highest BCUT2D eigenvalue weighted by Gasteiger charge is 2.28. The van der Waals surface area contributed by atoms with Crippen LogP contribution in [-0.4, -0.2) is 47.2 Å². The highest BCUT2D eigenvalue weighted by atomic mass is 35.5. The van der Waals surface area contributed by atoms with E-state index in [9.17, 15) is 9.59 Å². The number of nitrogens with one attached hydrogen (secondary N) is 2. The van der Waals surface area contributed by atoms with Crippen LogP contribution in [0.15, 0.2) is 35.3 Å². The van der Waals surface area contributed by atoms with Gasteiger partial charge in [-0.1, -0.05) is 18.5 Å². The number of likely N-dealkylation sites (N-methyl/N-ethyl adjacent to an activating group) is 1. The van der Waals surface area contributed by atoms with E-state index in [1.807, 2.05) is 18.2 Å². The minimum atomic E-state index is -0.296.